The molecule has 18 heavy (non-hydrogen) atoms. The molecule has 2 heterocycles. The monoisotopic (exact) mass is 248 g/mol. The van der Waals surface area contributed by atoms with Crippen molar-refractivity contribution in [3.63, 3.8) is 0 Å². The standard InChI is InChI=1S/C14H20N2O2/c1-11(17)12-5-7-15-14(10-12)18-9-6-13-4-3-8-16(13)2/h5,7,10,13H,3-4,6,8-9H2,1-2H3. The molecule has 0 N–H and O–H groups in total. The number of hydrogen-bond acceptors (Lipinski definition) is 4. The van der Waals surface area contributed by atoms with Gasteiger partial charge < -0.3 is 9.64 Å². The summed E-state index contributed by atoms with van der Waals surface area (Å²) in [6, 6.07) is 4.04. The van der Waals surface area contributed by atoms with Crippen LogP contribution in [0.5, 0.6) is 5.88 Å². The van der Waals surface area contributed by atoms with Gasteiger partial charge in [-0.2, -0.15) is 0 Å². The minimum atomic E-state index is 0.0396. The maximum absolute atomic E-state index is 11.2. The summed E-state index contributed by atoms with van der Waals surface area (Å²) in [5.74, 6) is 0.584. The third kappa shape index (κ3) is 3.29. The Kier molecular flexibility index (Phi) is 4.31. The lowest BCUT2D eigenvalue weighted by Crippen LogP contribution is -2.26. The minimum absolute atomic E-state index is 0.0396. The number of carbonyl (C=O) groups is 1. The Labute approximate surface area is 108 Å². The van der Waals surface area contributed by atoms with E-state index in [0.717, 1.165) is 6.42 Å². The van der Waals surface area contributed by atoms with Gasteiger partial charge in [0.25, 0.3) is 0 Å². The van der Waals surface area contributed by atoms with Gasteiger partial charge in [0.2, 0.25) is 5.88 Å². The molecule has 0 spiro atoms. The number of rotatable bonds is 5. The normalized spacial score (nSPS) is 20.0. The number of aromatic nitrogens is 1. The van der Waals surface area contributed by atoms with E-state index in [-0.39, 0.29) is 5.78 Å². The van der Waals surface area contributed by atoms with Crippen molar-refractivity contribution in [3.8, 4) is 5.88 Å². The molecule has 98 valence electrons. The number of Topliss-reactive ketones (excluding diaryl/α,β-unsaturated/α-hetero) is 1. The zero-order valence-electron chi connectivity index (χ0n) is 11.1. The second-order valence-corrected chi connectivity index (χ2v) is 4.85. The van der Waals surface area contributed by atoms with E-state index in [1.807, 2.05) is 0 Å². The number of nitrogens with zero attached hydrogens (tertiary/aromatic N) is 2. The molecule has 1 aromatic rings. The van der Waals surface area contributed by atoms with Gasteiger partial charge in [-0.05, 0) is 45.8 Å². The summed E-state index contributed by atoms with van der Waals surface area (Å²) in [5, 5.41) is 0. The van der Waals surface area contributed by atoms with E-state index in [9.17, 15) is 4.79 Å². The largest absolute Gasteiger partial charge is 0.478 e. The van der Waals surface area contributed by atoms with E-state index in [2.05, 4.69) is 16.9 Å². The highest BCUT2D eigenvalue weighted by molar-refractivity contribution is 5.94. The zero-order valence-corrected chi connectivity index (χ0v) is 11.1. The summed E-state index contributed by atoms with van der Waals surface area (Å²) in [6.45, 7) is 3.39. The molecule has 1 saturated heterocycles. The predicted octanol–water partition coefficient (Wildman–Crippen LogP) is 2.15. The van der Waals surface area contributed by atoms with E-state index in [0.29, 0.717) is 24.1 Å². The van der Waals surface area contributed by atoms with Gasteiger partial charge >= 0.3 is 0 Å². The average molecular weight is 248 g/mol. The fourth-order valence-corrected chi connectivity index (χ4v) is 2.35. The van der Waals surface area contributed by atoms with Gasteiger partial charge in [0, 0.05) is 23.9 Å². The Hall–Kier alpha value is -1.42. The highest BCUT2D eigenvalue weighted by Gasteiger charge is 2.20. The molecule has 0 aromatic carbocycles. The van der Waals surface area contributed by atoms with Gasteiger partial charge in [0.1, 0.15) is 0 Å². The Morgan fingerprint density at radius 3 is 3.11 bits per heavy atom. The second kappa shape index (κ2) is 5.96. The van der Waals surface area contributed by atoms with Crippen molar-refractivity contribution in [1.29, 1.82) is 0 Å². The quantitative estimate of drug-likeness (QED) is 0.749. The molecule has 0 aliphatic carbocycles. The highest BCUT2D eigenvalue weighted by Crippen LogP contribution is 2.18. The van der Waals surface area contributed by atoms with Crippen LogP contribution in [0, 0.1) is 0 Å². The van der Waals surface area contributed by atoms with Crippen LogP contribution in [0.15, 0.2) is 18.3 Å². The molecule has 4 nitrogen and oxygen atoms in total. The second-order valence-electron chi connectivity index (χ2n) is 4.85. The van der Waals surface area contributed by atoms with E-state index >= 15 is 0 Å². The van der Waals surface area contributed by atoms with Crippen LogP contribution >= 0.6 is 0 Å². The van der Waals surface area contributed by atoms with Gasteiger partial charge in [-0.15, -0.1) is 0 Å². The molecule has 1 fully saturated rings. The molecule has 0 bridgehead atoms. The van der Waals surface area contributed by atoms with Crippen molar-refractivity contribution < 1.29 is 9.53 Å². The lowest BCUT2D eigenvalue weighted by atomic mass is 10.1. The molecular weight excluding hydrogens is 228 g/mol. The summed E-state index contributed by atoms with van der Waals surface area (Å²) in [7, 11) is 2.16. The van der Waals surface area contributed by atoms with Crippen molar-refractivity contribution >= 4 is 5.78 Å². The summed E-state index contributed by atoms with van der Waals surface area (Å²) in [4.78, 5) is 17.7. The summed E-state index contributed by atoms with van der Waals surface area (Å²) < 4.78 is 5.62. The smallest absolute Gasteiger partial charge is 0.213 e. The topological polar surface area (TPSA) is 42.4 Å². The number of hydrogen-bond donors (Lipinski definition) is 0. The molecule has 2 rings (SSSR count). The van der Waals surface area contributed by atoms with Crippen LogP contribution in [0.3, 0.4) is 0 Å². The van der Waals surface area contributed by atoms with Crippen LogP contribution in [0.1, 0.15) is 36.5 Å². The van der Waals surface area contributed by atoms with Crippen LogP contribution in [0.25, 0.3) is 0 Å². The molecule has 0 amide bonds. The molecule has 1 aliphatic rings. The van der Waals surface area contributed by atoms with Gasteiger partial charge in [-0.25, -0.2) is 4.98 Å². The molecule has 1 atom stereocenters. The van der Waals surface area contributed by atoms with E-state index in [4.69, 9.17) is 4.74 Å². The number of ether oxygens (including phenoxy) is 1. The SMILES string of the molecule is CC(=O)c1ccnc(OCCC2CCCN2C)c1. The number of ketones is 1. The summed E-state index contributed by atoms with van der Waals surface area (Å²) >= 11 is 0. The van der Waals surface area contributed by atoms with E-state index in [1.54, 1.807) is 25.3 Å². The van der Waals surface area contributed by atoms with E-state index in [1.165, 1.54) is 19.4 Å². The predicted molar refractivity (Wildman–Crippen MR) is 70.0 cm³/mol. The summed E-state index contributed by atoms with van der Waals surface area (Å²) in [5.41, 5.74) is 0.651. The number of carbonyl (C=O) groups excluding carboxylic acids is 1. The van der Waals surface area contributed by atoms with Crippen molar-refractivity contribution in [1.82, 2.24) is 9.88 Å². The number of pyridine rings is 1. The van der Waals surface area contributed by atoms with Crippen molar-refractivity contribution in [2.45, 2.75) is 32.2 Å². The fraction of sp³-hybridized carbons (Fsp3) is 0.571. The molecule has 1 aliphatic heterocycles. The van der Waals surface area contributed by atoms with Gasteiger partial charge in [-0.3, -0.25) is 4.79 Å². The van der Waals surface area contributed by atoms with Crippen LogP contribution < -0.4 is 4.74 Å². The van der Waals surface area contributed by atoms with E-state index < -0.39 is 0 Å². The maximum Gasteiger partial charge on any atom is 0.213 e. The zero-order chi connectivity index (χ0) is 13.0. The minimum Gasteiger partial charge on any atom is -0.478 e. The van der Waals surface area contributed by atoms with Gasteiger partial charge in [-0.1, -0.05) is 0 Å². The molecule has 0 radical (unpaired) electrons. The Morgan fingerprint density at radius 2 is 2.44 bits per heavy atom. The highest BCUT2D eigenvalue weighted by atomic mass is 16.5. The Balaban J connectivity index is 1.83. The molecule has 1 aromatic heterocycles. The van der Waals surface area contributed by atoms with Crippen molar-refractivity contribution in [2.24, 2.45) is 0 Å². The molecule has 4 heteroatoms. The van der Waals surface area contributed by atoms with Crippen molar-refractivity contribution in [2.75, 3.05) is 20.2 Å². The van der Waals surface area contributed by atoms with Crippen molar-refractivity contribution in [3.05, 3.63) is 23.9 Å². The van der Waals surface area contributed by atoms with Gasteiger partial charge in [0.05, 0.1) is 6.61 Å². The third-order valence-corrected chi connectivity index (χ3v) is 3.51. The number of likely N-dealkylation sites (tertiary alicyclic amines) is 1. The van der Waals surface area contributed by atoms with Crippen LogP contribution in [-0.4, -0.2) is 41.9 Å². The first-order valence-electron chi connectivity index (χ1n) is 6.47. The summed E-state index contributed by atoms with van der Waals surface area (Å²) in [6.07, 6.45) is 5.16. The van der Waals surface area contributed by atoms with Crippen LogP contribution in [-0.2, 0) is 0 Å². The van der Waals surface area contributed by atoms with Crippen LogP contribution in [0.2, 0.25) is 0 Å². The first kappa shape index (κ1) is 13.0. The molecule has 0 saturated carbocycles. The van der Waals surface area contributed by atoms with Gasteiger partial charge in [0.15, 0.2) is 5.78 Å². The average Bonchev–Trinajstić information content (AvgIpc) is 2.76. The van der Waals surface area contributed by atoms with Crippen LogP contribution in [0.4, 0.5) is 0 Å². The fourth-order valence-electron chi connectivity index (χ4n) is 2.35. The Bertz CT molecular complexity index is 420. The first-order valence-corrected chi connectivity index (χ1v) is 6.47. The maximum atomic E-state index is 11.2. The first-order chi connectivity index (χ1) is 8.66. The third-order valence-electron chi connectivity index (χ3n) is 3.51. The lowest BCUT2D eigenvalue weighted by molar-refractivity contribution is 0.101. The Morgan fingerprint density at radius 1 is 1.61 bits per heavy atom. The molecule has 1 unspecified atom stereocenters. The molecular formula is C14H20N2O2. The lowest BCUT2D eigenvalue weighted by Gasteiger charge is -2.19.